The van der Waals surface area contributed by atoms with Crippen molar-refractivity contribution in [2.45, 2.75) is 38.5 Å². The van der Waals surface area contributed by atoms with Crippen LogP contribution < -0.4 is 4.74 Å². The van der Waals surface area contributed by atoms with Crippen LogP contribution in [0.25, 0.3) is 0 Å². The van der Waals surface area contributed by atoms with E-state index in [9.17, 15) is 22.8 Å². The van der Waals surface area contributed by atoms with Crippen LogP contribution in [0.2, 0.25) is 0 Å². The van der Waals surface area contributed by atoms with Crippen molar-refractivity contribution < 1.29 is 27.5 Å². The maximum Gasteiger partial charge on any atom is 0.416 e. The lowest BCUT2D eigenvalue weighted by molar-refractivity contribution is -0.138. The van der Waals surface area contributed by atoms with E-state index in [1.165, 1.54) is 19.1 Å². The van der Waals surface area contributed by atoms with Crippen molar-refractivity contribution in [2.75, 3.05) is 6.61 Å². The molecular formula is C21H20F3NO3. The number of hydrogen-bond acceptors (Lipinski definition) is 3. The topological polar surface area (TPSA) is 46.6 Å². The Morgan fingerprint density at radius 3 is 2.14 bits per heavy atom. The fourth-order valence-corrected chi connectivity index (χ4v) is 2.82. The number of rotatable bonds is 7. The molecule has 0 atom stereocenters. The molecule has 28 heavy (non-hydrogen) atoms. The van der Waals surface area contributed by atoms with E-state index < -0.39 is 11.7 Å². The van der Waals surface area contributed by atoms with Crippen molar-refractivity contribution in [2.24, 2.45) is 0 Å². The Hall–Kier alpha value is -2.83. The molecule has 0 saturated heterocycles. The van der Waals surface area contributed by atoms with Gasteiger partial charge in [0.15, 0.2) is 12.4 Å². The monoisotopic (exact) mass is 391 g/mol. The second-order valence-corrected chi connectivity index (χ2v) is 6.82. The minimum atomic E-state index is -4.38. The van der Waals surface area contributed by atoms with E-state index in [1.54, 1.807) is 29.2 Å². The van der Waals surface area contributed by atoms with E-state index in [4.69, 9.17) is 4.74 Å². The van der Waals surface area contributed by atoms with Crippen LogP contribution >= 0.6 is 0 Å². The smallest absolute Gasteiger partial charge is 0.416 e. The molecule has 4 nitrogen and oxygen atoms in total. The van der Waals surface area contributed by atoms with E-state index >= 15 is 0 Å². The standard InChI is InChI=1S/C21H20F3NO3/c1-14(26)16-4-10-19(11-5-16)28-13-20(27)25(18-8-9-18)12-15-2-6-17(7-3-15)21(22,23)24/h2-7,10-11,18H,8-9,12-13H2,1H3. The molecule has 0 aromatic heterocycles. The molecule has 0 spiro atoms. The van der Waals surface area contributed by atoms with Gasteiger partial charge in [0.05, 0.1) is 5.56 Å². The number of nitrogens with zero attached hydrogens (tertiary/aromatic N) is 1. The molecule has 0 bridgehead atoms. The predicted molar refractivity (Wildman–Crippen MR) is 97.0 cm³/mol. The van der Waals surface area contributed by atoms with Crippen molar-refractivity contribution in [1.82, 2.24) is 4.90 Å². The van der Waals surface area contributed by atoms with Crippen LogP contribution in [0.1, 0.15) is 41.3 Å². The number of alkyl halides is 3. The van der Waals surface area contributed by atoms with Gasteiger partial charge in [0.25, 0.3) is 5.91 Å². The summed E-state index contributed by atoms with van der Waals surface area (Å²) < 4.78 is 43.6. The van der Waals surface area contributed by atoms with E-state index in [-0.39, 0.29) is 30.9 Å². The van der Waals surface area contributed by atoms with Gasteiger partial charge >= 0.3 is 6.18 Å². The molecule has 3 rings (SSSR count). The molecule has 0 heterocycles. The Morgan fingerprint density at radius 1 is 1.04 bits per heavy atom. The molecule has 0 radical (unpaired) electrons. The normalized spacial score (nSPS) is 13.9. The molecule has 1 aliphatic carbocycles. The lowest BCUT2D eigenvalue weighted by Crippen LogP contribution is -2.36. The second-order valence-electron chi connectivity index (χ2n) is 6.82. The minimum absolute atomic E-state index is 0.0564. The molecular weight excluding hydrogens is 371 g/mol. The highest BCUT2D eigenvalue weighted by Gasteiger charge is 2.33. The Bertz CT molecular complexity index is 841. The van der Waals surface area contributed by atoms with E-state index in [2.05, 4.69) is 0 Å². The molecule has 1 amide bonds. The van der Waals surface area contributed by atoms with Crippen LogP contribution in [0.3, 0.4) is 0 Å². The zero-order valence-corrected chi connectivity index (χ0v) is 15.3. The fourth-order valence-electron chi connectivity index (χ4n) is 2.82. The van der Waals surface area contributed by atoms with E-state index in [1.807, 2.05) is 0 Å². The van der Waals surface area contributed by atoms with Gasteiger partial charge in [0, 0.05) is 18.2 Å². The first-order valence-corrected chi connectivity index (χ1v) is 8.93. The molecule has 148 valence electrons. The van der Waals surface area contributed by atoms with Gasteiger partial charge in [0.1, 0.15) is 5.75 Å². The Morgan fingerprint density at radius 2 is 1.64 bits per heavy atom. The molecule has 1 saturated carbocycles. The molecule has 1 aliphatic rings. The fraction of sp³-hybridized carbons (Fsp3) is 0.333. The van der Waals surface area contributed by atoms with Crippen LogP contribution in [0.5, 0.6) is 5.75 Å². The number of carbonyl (C=O) groups excluding carboxylic acids is 2. The highest BCUT2D eigenvalue weighted by molar-refractivity contribution is 5.94. The average molecular weight is 391 g/mol. The summed E-state index contributed by atoms with van der Waals surface area (Å²) >= 11 is 0. The van der Waals surface area contributed by atoms with Crippen LogP contribution in [0.4, 0.5) is 13.2 Å². The molecule has 7 heteroatoms. The van der Waals surface area contributed by atoms with Crippen molar-refractivity contribution in [1.29, 1.82) is 0 Å². The highest BCUT2D eigenvalue weighted by atomic mass is 19.4. The van der Waals surface area contributed by atoms with Crippen molar-refractivity contribution in [3.8, 4) is 5.75 Å². The number of hydrogen-bond donors (Lipinski definition) is 0. The van der Waals surface area contributed by atoms with Crippen LogP contribution in [-0.2, 0) is 17.5 Å². The molecule has 1 fully saturated rings. The second kappa shape index (κ2) is 8.04. The summed E-state index contributed by atoms with van der Waals surface area (Å²) in [5, 5.41) is 0. The number of Topliss-reactive ketones (excluding diaryl/α,β-unsaturated/α-hetero) is 1. The molecule has 0 aliphatic heterocycles. The summed E-state index contributed by atoms with van der Waals surface area (Å²) in [4.78, 5) is 25.5. The molecule has 0 N–H and O–H groups in total. The summed E-state index contributed by atoms with van der Waals surface area (Å²) in [6.07, 6.45) is -2.63. The third kappa shape index (κ3) is 5.12. The zero-order chi connectivity index (χ0) is 20.3. The minimum Gasteiger partial charge on any atom is -0.484 e. The molecule has 2 aromatic rings. The van der Waals surface area contributed by atoms with Gasteiger partial charge in [-0.25, -0.2) is 0 Å². The maximum absolute atomic E-state index is 12.7. The number of benzene rings is 2. The first kappa shape index (κ1) is 19.9. The average Bonchev–Trinajstić information content (AvgIpc) is 3.49. The van der Waals surface area contributed by atoms with Gasteiger partial charge in [-0.1, -0.05) is 12.1 Å². The third-order valence-corrected chi connectivity index (χ3v) is 4.57. The van der Waals surface area contributed by atoms with Gasteiger partial charge in [-0.3, -0.25) is 9.59 Å². The third-order valence-electron chi connectivity index (χ3n) is 4.57. The summed E-state index contributed by atoms with van der Waals surface area (Å²) in [5.41, 5.74) is 0.484. The quantitative estimate of drug-likeness (QED) is 0.654. The lowest BCUT2D eigenvalue weighted by atomic mass is 10.1. The predicted octanol–water partition coefficient (Wildman–Crippen LogP) is 4.48. The van der Waals surface area contributed by atoms with Crippen molar-refractivity contribution >= 4 is 11.7 Å². The van der Waals surface area contributed by atoms with E-state index in [0.29, 0.717) is 16.9 Å². The first-order chi connectivity index (χ1) is 13.2. The Kier molecular flexibility index (Phi) is 5.72. The summed E-state index contributed by atoms with van der Waals surface area (Å²) in [5.74, 6) is 0.195. The largest absolute Gasteiger partial charge is 0.484 e. The SMILES string of the molecule is CC(=O)c1ccc(OCC(=O)N(Cc2ccc(C(F)(F)F)cc2)C2CC2)cc1. The number of halogens is 3. The van der Waals surface area contributed by atoms with Crippen molar-refractivity contribution in [3.05, 3.63) is 65.2 Å². The summed E-state index contributed by atoms with van der Waals surface area (Å²) in [6, 6.07) is 11.4. The highest BCUT2D eigenvalue weighted by Crippen LogP contribution is 2.31. The number of ketones is 1. The zero-order valence-electron chi connectivity index (χ0n) is 15.3. The lowest BCUT2D eigenvalue weighted by Gasteiger charge is -2.23. The Balaban J connectivity index is 1.60. The van der Waals surface area contributed by atoms with E-state index in [0.717, 1.165) is 25.0 Å². The number of carbonyl (C=O) groups is 2. The summed E-state index contributed by atoms with van der Waals surface area (Å²) in [6.45, 7) is 1.54. The maximum atomic E-state index is 12.7. The number of amides is 1. The molecule has 0 unspecified atom stereocenters. The first-order valence-electron chi connectivity index (χ1n) is 8.93. The molecule has 2 aromatic carbocycles. The van der Waals surface area contributed by atoms with Gasteiger partial charge in [-0.15, -0.1) is 0 Å². The summed E-state index contributed by atoms with van der Waals surface area (Å²) in [7, 11) is 0. The van der Waals surface area contributed by atoms with Crippen LogP contribution in [0, 0.1) is 0 Å². The van der Waals surface area contributed by atoms with Crippen molar-refractivity contribution in [3.63, 3.8) is 0 Å². The van der Waals surface area contributed by atoms with Gasteiger partial charge in [-0.05, 0) is 61.7 Å². The van der Waals surface area contributed by atoms with Gasteiger partial charge in [-0.2, -0.15) is 13.2 Å². The van der Waals surface area contributed by atoms with Gasteiger partial charge < -0.3 is 9.64 Å². The van der Waals surface area contributed by atoms with Crippen LogP contribution in [0.15, 0.2) is 48.5 Å². The van der Waals surface area contributed by atoms with Crippen LogP contribution in [-0.4, -0.2) is 29.2 Å². The Labute approximate surface area is 160 Å². The van der Waals surface area contributed by atoms with Gasteiger partial charge in [0.2, 0.25) is 0 Å². The number of ether oxygens (including phenoxy) is 1.